The number of amides is 1. The number of carbonyl (C=O) groups excluding carboxylic acids is 2. The molecule has 2 aromatic rings. The van der Waals surface area contributed by atoms with Crippen LogP contribution in [-0.2, 0) is 24.3 Å². The largest absolute Gasteiger partial charge is 0.455 e. The average Bonchev–Trinajstić information content (AvgIpc) is 2.62. The molecule has 27 heavy (non-hydrogen) atoms. The van der Waals surface area contributed by atoms with Crippen LogP contribution in [-0.4, -0.2) is 33.4 Å². The van der Waals surface area contributed by atoms with E-state index in [0.717, 1.165) is 34.3 Å². The summed E-state index contributed by atoms with van der Waals surface area (Å²) in [7, 11) is -3.99. The van der Waals surface area contributed by atoms with Gasteiger partial charge < -0.3 is 10.1 Å². The van der Waals surface area contributed by atoms with Gasteiger partial charge in [-0.1, -0.05) is 15.9 Å². The van der Waals surface area contributed by atoms with Crippen LogP contribution in [0.5, 0.6) is 0 Å². The van der Waals surface area contributed by atoms with Crippen LogP contribution in [0.25, 0.3) is 0 Å². The molecule has 2 aromatic carbocycles. The second kappa shape index (κ2) is 9.07. The molecule has 0 aliphatic heterocycles. The molecule has 0 heterocycles. The summed E-state index contributed by atoms with van der Waals surface area (Å²) >= 11 is 3.34. The third-order valence-electron chi connectivity index (χ3n) is 3.34. The minimum atomic E-state index is -3.99. The molecule has 1 amide bonds. The maximum Gasteiger partial charge on any atom is 0.321 e. The predicted octanol–water partition coefficient (Wildman–Crippen LogP) is 2.36. The van der Waals surface area contributed by atoms with Gasteiger partial charge in [-0.3, -0.25) is 9.59 Å². The zero-order chi connectivity index (χ0) is 20.0. The standard InChI is InChI=1S/C17H16BrFN2O5S/c1-11-8-13(4-7-15(11)18)21-16(22)10-26-17(23)9-20-27(24,25)14-5-2-12(19)3-6-14/h2-8,20H,9-10H2,1H3,(H,21,22). The fourth-order valence-corrected chi connectivity index (χ4v) is 3.18. The van der Waals surface area contributed by atoms with Crippen LogP contribution in [0, 0.1) is 12.7 Å². The number of nitrogens with one attached hydrogen (secondary N) is 2. The Bertz CT molecular complexity index is 948. The van der Waals surface area contributed by atoms with E-state index in [0.29, 0.717) is 5.69 Å². The highest BCUT2D eigenvalue weighted by atomic mass is 79.9. The van der Waals surface area contributed by atoms with Gasteiger partial charge in [0.1, 0.15) is 12.4 Å². The maximum absolute atomic E-state index is 12.8. The van der Waals surface area contributed by atoms with Crippen molar-refractivity contribution in [1.82, 2.24) is 4.72 Å². The molecule has 0 spiro atoms. The van der Waals surface area contributed by atoms with E-state index < -0.39 is 40.9 Å². The first-order valence-corrected chi connectivity index (χ1v) is 9.92. The Morgan fingerprint density at radius 1 is 1.15 bits per heavy atom. The van der Waals surface area contributed by atoms with Crippen LogP contribution in [0.4, 0.5) is 10.1 Å². The van der Waals surface area contributed by atoms with Gasteiger partial charge in [0.05, 0.1) is 4.90 Å². The number of aryl methyl sites for hydroxylation is 1. The van der Waals surface area contributed by atoms with Gasteiger partial charge in [0.15, 0.2) is 6.61 Å². The average molecular weight is 459 g/mol. The highest BCUT2D eigenvalue weighted by Crippen LogP contribution is 2.19. The summed E-state index contributed by atoms with van der Waals surface area (Å²) in [4.78, 5) is 23.2. The van der Waals surface area contributed by atoms with Crippen molar-refractivity contribution in [2.45, 2.75) is 11.8 Å². The van der Waals surface area contributed by atoms with Crippen molar-refractivity contribution in [3.63, 3.8) is 0 Å². The highest BCUT2D eigenvalue weighted by molar-refractivity contribution is 9.10. The smallest absolute Gasteiger partial charge is 0.321 e. The summed E-state index contributed by atoms with van der Waals surface area (Å²) < 4.78 is 44.4. The number of sulfonamides is 1. The van der Waals surface area contributed by atoms with Gasteiger partial charge >= 0.3 is 5.97 Å². The molecule has 0 atom stereocenters. The Balaban J connectivity index is 1.80. The molecule has 0 unspecified atom stereocenters. The Morgan fingerprint density at radius 2 is 1.81 bits per heavy atom. The van der Waals surface area contributed by atoms with E-state index in [9.17, 15) is 22.4 Å². The van der Waals surface area contributed by atoms with Crippen LogP contribution in [0.2, 0.25) is 0 Å². The Hall–Kier alpha value is -2.30. The van der Waals surface area contributed by atoms with Crippen molar-refractivity contribution in [3.8, 4) is 0 Å². The fourth-order valence-electron chi connectivity index (χ4n) is 1.97. The van der Waals surface area contributed by atoms with E-state index in [1.54, 1.807) is 18.2 Å². The van der Waals surface area contributed by atoms with Gasteiger partial charge in [-0.15, -0.1) is 0 Å². The number of halogens is 2. The van der Waals surface area contributed by atoms with Crippen molar-refractivity contribution in [2.75, 3.05) is 18.5 Å². The molecule has 0 radical (unpaired) electrons. The molecular weight excluding hydrogens is 443 g/mol. The first-order valence-electron chi connectivity index (χ1n) is 7.64. The van der Waals surface area contributed by atoms with E-state index in [1.807, 2.05) is 11.6 Å². The second-order valence-corrected chi connectivity index (χ2v) is 8.07. The second-order valence-electron chi connectivity index (χ2n) is 5.45. The molecule has 144 valence electrons. The number of hydrogen-bond acceptors (Lipinski definition) is 5. The minimum Gasteiger partial charge on any atom is -0.455 e. The quantitative estimate of drug-likeness (QED) is 0.620. The number of benzene rings is 2. The van der Waals surface area contributed by atoms with Crippen LogP contribution in [0.15, 0.2) is 51.8 Å². The molecule has 10 heteroatoms. The lowest BCUT2D eigenvalue weighted by Crippen LogP contribution is -2.32. The Labute approximate surface area is 164 Å². The normalized spacial score (nSPS) is 11.1. The van der Waals surface area contributed by atoms with Crippen LogP contribution in [0.3, 0.4) is 0 Å². The summed E-state index contributed by atoms with van der Waals surface area (Å²) in [6.07, 6.45) is 0. The third kappa shape index (κ3) is 6.42. The number of anilines is 1. The van der Waals surface area contributed by atoms with Gasteiger partial charge in [0, 0.05) is 10.2 Å². The fraction of sp³-hybridized carbons (Fsp3) is 0.176. The van der Waals surface area contributed by atoms with Crippen LogP contribution in [0.1, 0.15) is 5.56 Å². The Morgan fingerprint density at radius 3 is 2.44 bits per heavy atom. The van der Waals surface area contributed by atoms with Crippen molar-refractivity contribution >= 4 is 43.5 Å². The van der Waals surface area contributed by atoms with E-state index in [2.05, 4.69) is 21.2 Å². The van der Waals surface area contributed by atoms with E-state index in [1.165, 1.54) is 0 Å². The monoisotopic (exact) mass is 458 g/mol. The zero-order valence-corrected chi connectivity index (χ0v) is 16.6. The lowest BCUT2D eigenvalue weighted by molar-refractivity contribution is -0.146. The predicted molar refractivity (Wildman–Crippen MR) is 100 cm³/mol. The topological polar surface area (TPSA) is 102 Å². The lowest BCUT2D eigenvalue weighted by Gasteiger charge is -2.09. The first-order chi connectivity index (χ1) is 12.7. The first kappa shape index (κ1) is 21.0. The minimum absolute atomic E-state index is 0.194. The summed E-state index contributed by atoms with van der Waals surface area (Å²) in [5.41, 5.74) is 1.45. The molecule has 2 rings (SSSR count). The number of ether oxygens (including phenoxy) is 1. The van der Waals surface area contributed by atoms with Gasteiger partial charge in [0.2, 0.25) is 10.0 Å². The third-order valence-corrected chi connectivity index (χ3v) is 5.64. The molecule has 2 N–H and O–H groups in total. The molecular formula is C17H16BrFN2O5S. The number of rotatable bonds is 7. The van der Waals surface area contributed by atoms with E-state index in [4.69, 9.17) is 4.74 Å². The molecule has 7 nitrogen and oxygen atoms in total. The van der Waals surface area contributed by atoms with Crippen LogP contribution >= 0.6 is 15.9 Å². The number of esters is 1. The lowest BCUT2D eigenvalue weighted by atomic mass is 10.2. The molecule has 0 saturated carbocycles. The highest BCUT2D eigenvalue weighted by Gasteiger charge is 2.16. The molecule has 0 aromatic heterocycles. The summed E-state index contributed by atoms with van der Waals surface area (Å²) in [6.45, 7) is 0.629. The molecule has 0 fully saturated rings. The SMILES string of the molecule is Cc1cc(NC(=O)COC(=O)CNS(=O)(=O)c2ccc(F)cc2)ccc1Br. The molecule has 0 aliphatic carbocycles. The van der Waals surface area contributed by atoms with Gasteiger partial charge in [-0.25, -0.2) is 12.8 Å². The van der Waals surface area contributed by atoms with Crippen molar-refractivity contribution in [1.29, 1.82) is 0 Å². The van der Waals surface area contributed by atoms with Crippen molar-refractivity contribution in [3.05, 3.63) is 58.3 Å². The molecule has 0 saturated heterocycles. The summed E-state index contributed by atoms with van der Waals surface area (Å²) in [5.74, 6) is -2.07. The van der Waals surface area contributed by atoms with Crippen molar-refractivity contribution < 1.29 is 27.1 Å². The molecule has 0 bridgehead atoms. The van der Waals surface area contributed by atoms with Gasteiger partial charge in [0.25, 0.3) is 5.91 Å². The van der Waals surface area contributed by atoms with Crippen LogP contribution < -0.4 is 10.0 Å². The van der Waals surface area contributed by atoms with E-state index >= 15 is 0 Å². The molecule has 0 aliphatic rings. The summed E-state index contributed by atoms with van der Waals surface area (Å²) in [5, 5.41) is 2.56. The number of carbonyl (C=O) groups is 2. The van der Waals surface area contributed by atoms with Crippen molar-refractivity contribution in [2.24, 2.45) is 0 Å². The maximum atomic E-state index is 12.8. The number of hydrogen-bond donors (Lipinski definition) is 2. The van der Waals surface area contributed by atoms with E-state index in [-0.39, 0.29) is 4.90 Å². The van der Waals surface area contributed by atoms with Gasteiger partial charge in [-0.05, 0) is 55.0 Å². The Kier molecular flexibility index (Phi) is 7.05. The van der Waals surface area contributed by atoms with Gasteiger partial charge in [-0.2, -0.15) is 4.72 Å². The zero-order valence-electron chi connectivity index (χ0n) is 14.2. The summed E-state index contributed by atoms with van der Waals surface area (Å²) in [6, 6.07) is 9.28.